The molecule has 0 N–H and O–H groups in total. The van der Waals surface area contributed by atoms with E-state index in [-0.39, 0.29) is 11.7 Å². The van der Waals surface area contributed by atoms with E-state index in [2.05, 4.69) is 6.92 Å². The summed E-state index contributed by atoms with van der Waals surface area (Å²) in [6.07, 6.45) is 6.90. The van der Waals surface area contributed by atoms with Crippen LogP contribution in [0.25, 0.3) is 0 Å². The van der Waals surface area contributed by atoms with Crippen LogP contribution in [0, 0.1) is 5.41 Å². The first-order valence-electron chi connectivity index (χ1n) is 6.53. The molecule has 2 fully saturated rings. The lowest BCUT2D eigenvalue weighted by molar-refractivity contribution is -0.180. The van der Waals surface area contributed by atoms with Crippen molar-refractivity contribution in [2.24, 2.45) is 5.41 Å². The van der Waals surface area contributed by atoms with E-state index in [0.29, 0.717) is 12.4 Å². The maximum atomic E-state index is 11.9. The molecule has 1 saturated heterocycles. The van der Waals surface area contributed by atoms with E-state index in [1.807, 2.05) is 0 Å². The molecule has 0 radical (unpaired) electrons. The molecule has 3 heteroatoms. The van der Waals surface area contributed by atoms with Crippen LogP contribution in [0.1, 0.15) is 51.9 Å². The lowest BCUT2D eigenvalue weighted by atomic mass is 9.83. The van der Waals surface area contributed by atoms with Gasteiger partial charge in [0, 0.05) is 13.0 Å². The summed E-state index contributed by atoms with van der Waals surface area (Å²) in [4.78, 5) is 11.9. The van der Waals surface area contributed by atoms with Crippen molar-refractivity contribution < 1.29 is 14.3 Å². The summed E-state index contributed by atoms with van der Waals surface area (Å²) in [7, 11) is 0. The monoisotopic (exact) mass is 226 g/mol. The molecule has 0 aromatic rings. The van der Waals surface area contributed by atoms with E-state index < -0.39 is 0 Å². The molecule has 0 aromatic heterocycles. The Kier molecular flexibility index (Phi) is 3.98. The number of hydrogen-bond donors (Lipinski definition) is 0. The predicted molar refractivity (Wildman–Crippen MR) is 61.1 cm³/mol. The molecule has 2 rings (SSSR count). The fourth-order valence-corrected chi connectivity index (χ4v) is 2.72. The lowest BCUT2D eigenvalue weighted by Crippen LogP contribution is -2.34. The van der Waals surface area contributed by atoms with Gasteiger partial charge in [0.1, 0.15) is 5.78 Å². The van der Waals surface area contributed by atoms with Crippen LogP contribution in [-0.4, -0.2) is 25.3 Å². The molecule has 2 aliphatic rings. The van der Waals surface area contributed by atoms with E-state index in [4.69, 9.17) is 9.47 Å². The highest BCUT2D eigenvalue weighted by Crippen LogP contribution is 2.38. The van der Waals surface area contributed by atoms with Crippen LogP contribution in [0.15, 0.2) is 0 Å². The van der Waals surface area contributed by atoms with Crippen molar-refractivity contribution in [3.8, 4) is 0 Å². The number of hydrogen-bond acceptors (Lipinski definition) is 3. The van der Waals surface area contributed by atoms with Gasteiger partial charge in [-0.2, -0.15) is 0 Å². The van der Waals surface area contributed by atoms with Crippen LogP contribution < -0.4 is 0 Å². The largest absolute Gasteiger partial charge is 0.353 e. The molecule has 1 heterocycles. The number of carbonyl (C=O) groups is 1. The summed E-state index contributed by atoms with van der Waals surface area (Å²) < 4.78 is 11.3. The van der Waals surface area contributed by atoms with Gasteiger partial charge in [-0.1, -0.05) is 6.92 Å². The smallest absolute Gasteiger partial charge is 0.157 e. The molecule has 1 aliphatic heterocycles. The second kappa shape index (κ2) is 5.28. The maximum absolute atomic E-state index is 11.9. The molecule has 1 saturated carbocycles. The lowest BCUT2D eigenvalue weighted by Gasteiger charge is -2.30. The summed E-state index contributed by atoms with van der Waals surface area (Å²) in [5, 5.41) is 0. The van der Waals surface area contributed by atoms with Gasteiger partial charge < -0.3 is 9.47 Å². The summed E-state index contributed by atoms with van der Waals surface area (Å²) in [6.45, 7) is 3.46. The molecule has 2 atom stereocenters. The standard InChI is InChI=1S/C13H22O3/c1-2-13(8-5-6-11(13)14)10-16-12-7-3-4-9-15-12/h12H,2-10H2,1H3. The van der Waals surface area contributed by atoms with E-state index in [1.54, 1.807) is 0 Å². The zero-order valence-corrected chi connectivity index (χ0v) is 10.2. The average Bonchev–Trinajstić information content (AvgIpc) is 2.70. The van der Waals surface area contributed by atoms with Crippen LogP contribution in [0.4, 0.5) is 0 Å². The Morgan fingerprint density at radius 2 is 2.31 bits per heavy atom. The van der Waals surface area contributed by atoms with Crippen molar-refractivity contribution in [3.05, 3.63) is 0 Å². The first-order chi connectivity index (χ1) is 7.77. The van der Waals surface area contributed by atoms with Gasteiger partial charge in [-0.3, -0.25) is 4.79 Å². The van der Waals surface area contributed by atoms with Crippen molar-refractivity contribution in [3.63, 3.8) is 0 Å². The summed E-state index contributed by atoms with van der Waals surface area (Å²) in [6, 6.07) is 0. The fourth-order valence-electron chi connectivity index (χ4n) is 2.72. The molecule has 0 bridgehead atoms. The molecule has 92 valence electrons. The van der Waals surface area contributed by atoms with Crippen LogP contribution in [0.3, 0.4) is 0 Å². The van der Waals surface area contributed by atoms with Gasteiger partial charge in [-0.25, -0.2) is 0 Å². The molecule has 1 aliphatic carbocycles. The zero-order valence-electron chi connectivity index (χ0n) is 10.2. The minimum atomic E-state index is -0.194. The van der Waals surface area contributed by atoms with Gasteiger partial charge in [0.2, 0.25) is 0 Å². The summed E-state index contributed by atoms with van der Waals surface area (Å²) in [5.41, 5.74) is -0.194. The van der Waals surface area contributed by atoms with Gasteiger partial charge in [0.25, 0.3) is 0 Å². The van der Waals surface area contributed by atoms with E-state index in [9.17, 15) is 4.79 Å². The molecule has 3 nitrogen and oxygen atoms in total. The van der Waals surface area contributed by atoms with Gasteiger partial charge in [-0.15, -0.1) is 0 Å². The average molecular weight is 226 g/mol. The summed E-state index contributed by atoms with van der Waals surface area (Å²) >= 11 is 0. The highest BCUT2D eigenvalue weighted by atomic mass is 16.7. The Bertz CT molecular complexity index is 246. The maximum Gasteiger partial charge on any atom is 0.157 e. The van der Waals surface area contributed by atoms with Crippen LogP contribution in [0.5, 0.6) is 0 Å². The Balaban J connectivity index is 1.84. The predicted octanol–water partition coefficient (Wildman–Crippen LogP) is 2.68. The van der Waals surface area contributed by atoms with Gasteiger partial charge in [0.15, 0.2) is 6.29 Å². The van der Waals surface area contributed by atoms with Crippen LogP contribution in [-0.2, 0) is 14.3 Å². The first-order valence-corrected chi connectivity index (χ1v) is 6.53. The number of ether oxygens (including phenoxy) is 2. The first kappa shape index (κ1) is 12.1. The van der Waals surface area contributed by atoms with E-state index >= 15 is 0 Å². The SMILES string of the molecule is CCC1(COC2CCCCO2)CCCC1=O. The molecule has 16 heavy (non-hydrogen) atoms. The van der Waals surface area contributed by atoms with Crippen molar-refractivity contribution in [2.45, 2.75) is 58.2 Å². The number of rotatable bonds is 4. The van der Waals surface area contributed by atoms with Crippen molar-refractivity contribution in [2.75, 3.05) is 13.2 Å². The van der Waals surface area contributed by atoms with Crippen molar-refractivity contribution >= 4 is 5.78 Å². The van der Waals surface area contributed by atoms with Gasteiger partial charge in [0.05, 0.1) is 12.0 Å². The van der Waals surface area contributed by atoms with Gasteiger partial charge in [-0.05, 0) is 38.5 Å². The van der Waals surface area contributed by atoms with E-state index in [0.717, 1.165) is 45.1 Å². The number of ketones is 1. The molecule has 0 spiro atoms. The highest BCUT2D eigenvalue weighted by molar-refractivity contribution is 5.86. The molecular formula is C13H22O3. The van der Waals surface area contributed by atoms with E-state index in [1.165, 1.54) is 6.42 Å². The zero-order chi connectivity index (χ0) is 11.4. The molecule has 2 unspecified atom stereocenters. The second-order valence-corrected chi connectivity index (χ2v) is 5.02. The summed E-state index contributed by atoms with van der Waals surface area (Å²) in [5.74, 6) is 0.394. The van der Waals surface area contributed by atoms with Crippen molar-refractivity contribution in [1.29, 1.82) is 0 Å². The number of carbonyl (C=O) groups excluding carboxylic acids is 1. The molecule has 0 aromatic carbocycles. The fraction of sp³-hybridized carbons (Fsp3) is 0.923. The van der Waals surface area contributed by atoms with Crippen molar-refractivity contribution in [1.82, 2.24) is 0 Å². The van der Waals surface area contributed by atoms with Crippen LogP contribution in [0.2, 0.25) is 0 Å². The quantitative estimate of drug-likeness (QED) is 0.739. The minimum Gasteiger partial charge on any atom is -0.353 e. The second-order valence-electron chi connectivity index (χ2n) is 5.02. The Hall–Kier alpha value is -0.410. The van der Waals surface area contributed by atoms with Gasteiger partial charge >= 0.3 is 0 Å². The minimum absolute atomic E-state index is 0.0643. The molecular weight excluding hydrogens is 204 g/mol. The normalized spacial score (nSPS) is 35.6. The Morgan fingerprint density at radius 3 is 2.88 bits per heavy atom. The molecule has 0 amide bonds. The number of Topliss-reactive ketones (excluding diaryl/α,β-unsaturated/α-hetero) is 1. The Labute approximate surface area is 97.5 Å². The Morgan fingerprint density at radius 1 is 1.44 bits per heavy atom. The third kappa shape index (κ3) is 2.46. The van der Waals surface area contributed by atoms with Crippen LogP contribution >= 0.6 is 0 Å². The topological polar surface area (TPSA) is 35.5 Å². The third-order valence-electron chi connectivity index (χ3n) is 4.01. The third-order valence-corrected chi connectivity index (χ3v) is 4.01. The highest BCUT2D eigenvalue weighted by Gasteiger charge is 2.41.